The van der Waals surface area contributed by atoms with Crippen LogP contribution in [0, 0.1) is 18.6 Å². The molecule has 0 spiro atoms. The third-order valence-electron chi connectivity index (χ3n) is 5.30. The Bertz CT molecular complexity index is 1300. The van der Waals surface area contributed by atoms with E-state index in [0.29, 0.717) is 11.5 Å². The Morgan fingerprint density at radius 2 is 1.79 bits per heavy atom. The van der Waals surface area contributed by atoms with Gasteiger partial charge < -0.3 is 19.0 Å². The molecule has 9 heteroatoms. The van der Waals surface area contributed by atoms with Crippen molar-refractivity contribution in [3.8, 4) is 11.5 Å². The molecule has 0 radical (unpaired) electrons. The smallest absolute Gasteiger partial charge is 0.300 e. The van der Waals surface area contributed by atoms with Gasteiger partial charge in [-0.25, -0.2) is 8.78 Å². The van der Waals surface area contributed by atoms with Crippen molar-refractivity contribution in [3.05, 3.63) is 82.8 Å². The van der Waals surface area contributed by atoms with Gasteiger partial charge in [-0.05, 0) is 49.4 Å². The Morgan fingerprint density at radius 3 is 2.42 bits per heavy atom. The van der Waals surface area contributed by atoms with Crippen LogP contribution >= 0.6 is 0 Å². The highest BCUT2D eigenvalue weighted by molar-refractivity contribution is 6.51. The van der Waals surface area contributed by atoms with Crippen molar-refractivity contribution in [1.29, 1.82) is 0 Å². The number of carbonyl (C=O) groups is 2. The maximum absolute atomic E-state index is 14.7. The summed E-state index contributed by atoms with van der Waals surface area (Å²) in [7, 11) is 2.79. The predicted molar refractivity (Wildman–Crippen MR) is 114 cm³/mol. The number of rotatable bonds is 5. The number of methoxy groups -OCH3 is 2. The second-order valence-corrected chi connectivity index (χ2v) is 7.28. The van der Waals surface area contributed by atoms with Gasteiger partial charge in [0.05, 0.1) is 31.0 Å². The SMILES string of the molecule is COc1ccc(OC)c(/C(O)=C2/C(=O)C(=O)N(c3cc(F)ccc3F)C2c2ccc(C)o2)c1. The number of aliphatic hydroxyl groups excluding tert-OH is 1. The molecule has 1 N–H and O–H groups in total. The van der Waals surface area contributed by atoms with Gasteiger partial charge >= 0.3 is 0 Å². The third-order valence-corrected chi connectivity index (χ3v) is 5.30. The third kappa shape index (κ3) is 3.71. The van der Waals surface area contributed by atoms with Crippen LogP contribution in [0.4, 0.5) is 14.5 Å². The zero-order valence-electron chi connectivity index (χ0n) is 17.9. The molecular formula is C24H19F2NO6. The van der Waals surface area contributed by atoms with Gasteiger partial charge in [-0.3, -0.25) is 14.5 Å². The molecular weight excluding hydrogens is 436 g/mol. The van der Waals surface area contributed by atoms with Crippen molar-refractivity contribution in [2.24, 2.45) is 0 Å². The maximum atomic E-state index is 14.7. The van der Waals surface area contributed by atoms with Gasteiger partial charge in [-0.15, -0.1) is 0 Å². The average molecular weight is 455 g/mol. The highest BCUT2D eigenvalue weighted by Crippen LogP contribution is 2.44. The number of amides is 1. The lowest BCUT2D eigenvalue weighted by Gasteiger charge is -2.24. The molecule has 1 atom stereocenters. The molecule has 1 fully saturated rings. The second kappa shape index (κ2) is 8.42. The van der Waals surface area contributed by atoms with Gasteiger partial charge in [0.25, 0.3) is 11.7 Å². The first-order chi connectivity index (χ1) is 15.8. The topological polar surface area (TPSA) is 89.2 Å². The standard InChI is InChI=1S/C24H19F2NO6/c1-12-4-8-19(33-12)21-20(22(28)15-11-14(31-2)6-9-18(15)32-3)23(29)24(30)27(21)17-10-13(25)5-7-16(17)26/h4-11,21,28H,1-3H3/b22-20-. The maximum Gasteiger partial charge on any atom is 0.300 e. The van der Waals surface area contributed by atoms with Crippen LogP contribution in [0.2, 0.25) is 0 Å². The van der Waals surface area contributed by atoms with Crippen LogP contribution in [-0.2, 0) is 9.59 Å². The first kappa shape index (κ1) is 22.1. The number of aliphatic hydroxyl groups is 1. The van der Waals surface area contributed by atoms with E-state index in [2.05, 4.69) is 0 Å². The van der Waals surface area contributed by atoms with Crippen LogP contribution in [0.3, 0.4) is 0 Å². The van der Waals surface area contributed by atoms with Crippen LogP contribution in [-0.4, -0.2) is 31.0 Å². The van der Waals surface area contributed by atoms with Crippen LogP contribution in [0.25, 0.3) is 5.76 Å². The normalized spacial score (nSPS) is 17.5. The zero-order chi connectivity index (χ0) is 23.9. The molecule has 33 heavy (non-hydrogen) atoms. The summed E-state index contributed by atoms with van der Waals surface area (Å²) in [6.45, 7) is 1.64. The molecule has 1 amide bonds. The lowest BCUT2D eigenvalue weighted by atomic mass is 9.98. The van der Waals surface area contributed by atoms with Gasteiger partial charge in [0, 0.05) is 6.07 Å². The molecule has 1 aromatic heterocycles. The summed E-state index contributed by atoms with van der Waals surface area (Å²) in [6.07, 6.45) is 0. The van der Waals surface area contributed by atoms with Crippen molar-refractivity contribution in [2.75, 3.05) is 19.1 Å². The number of anilines is 1. The van der Waals surface area contributed by atoms with Gasteiger partial charge in [0.2, 0.25) is 0 Å². The fourth-order valence-electron chi connectivity index (χ4n) is 3.77. The average Bonchev–Trinajstić information content (AvgIpc) is 3.35. The Morgan fingerprint density at radius 1 is 1.03 bits per heavy atom. The van der Waals surface area contributed by atoms with E-state index in [1.807, 2.05) is 0 Å². The fourth-order valence-corrected chi connectivity index (χ4v) is 3.77. The molecule has 7 nitrogen and oxygen atoms in total. The van der Waals surface area contributed by atoms with Crippen molar-refractivity contribution >= 4 is 23.1 Å². The Kier molecular flexibility index (Phi) is 5.63. The molecule has 2 aromatic carbocycles. The predicted octanol–water partition coefficient (Wildman–Crippen LogP) is 4.51. The fraction of sp³-hybridized carbons (Fsp3) is 0.167. The molecule has 2 heterocycles. The minimum absolute atomic E-state index is 0.0721. The molecule has 3 aromatic rings. The van der Waals surface area contributed by atoms with E-state index < -0.39 is 40.8 Å². The van der Waals surface area contributed by atoms with Crippen molar-refractivity contribution in [1.82, 2.24) is 0 Å². The van der Waals surface area contributed by atoms with E-state index in [9.17, 15) is 23.5 Å². The molecule has 1 unspecified atom stereocenters. The monoisotopic (exact) mass is 455 g/mol. The number of hydrogen-bond acceptors (Lipinski definition) is 6. The first-order valence-corrected chi connectivity index (χ1v) is 9.81. The van der Waals surface area contributed by atoms with E-state index in [1.165, 1.54) is 32.4 Å². The van der Waals surface area contributed by atoms with Gasteiger partial charge in [0.15, 0.2) is 0 Å². The summed E-state index contributed by atoms with van der Waals surface area (Å²) in [4.78, 5) is 26.9. The number of furan rings is 1. The minimum Gasteiger partial charge on any atom is -0.507 e. The molecule has 1 saturated heterocycles. The van der Waals surface area contributed by atoms with Crippen LogP contribution in [0.15, 0.2) is 58.5 Å². The Hall–Kier alpha value is -4.14. The second-order valence-electron chi connectivity index (χ2n) is 7.28. The van der Waals surface area contributed by atoms with Crippen molar-refractivity contribution in [3.63, 3.8) is 0 Å². The molecule has 1 aliphatic rings. The molecule has 0 saturated carbocycles. The summed E-state index contributed by atoms with van der Waals surface area (Å²) in [5, 5.41) is 11.2. The number of nitrogens with zero attached hydrogens (tertiary/aromatic N) is 1. The summed E-state index contributed by atoms with van der Waals surface area (Å²) in [6, 6.07) is 8.79. The molecule has 0 bridgehead atoms. The number of ketones is 1. The van der Waals surface area contributed by atoms with Crippen molar-refractivity contribution < 1.29 is 37.4 Å². The van der Waals surface area contributed by atoms with Crippen LogP contribution in [0.5, 0.6) is 11.5 Å². The largest absolute Gasteiger partial charge is 0.507 e. The quantitative estimate of drug-likeness (QED) is 0.346. The molecule has 0 aliphatic carbocycles. The van der Waals surface area contributed by atoms with Crippen molar-refractivity contribution in [2.45, 2.75) is 13.0 Å². The number of hydrogen-bond donors (Lipinski definition) is 1. The number of ether oxygens (including phenoxy) is 2. The molecule has 4 rings (SSSR count). The number of carbonyl (C=O) groups excluding carboxylic acids is 2. The number of Topliss-reactive ketones (excluding diaryl/α,β-unsaturated/α-hetero) is 1. The Labute approximate surface area is 187 Å². The van der Waals surface area contributed by atoms with Gasteiger partial charge in [-0.1, -0.05) is 0 Å². The zero-order valence-corrected chi connectivity index (χ0v) is 17.9. The first-order valence-electron chi connectivity index (χ1n) is 9.81. The summed E-state index contributed by atoms with van der Waals surface area (Å²) in [5.41, 5.74) is -0.764. The van der Waals surface area contributed by atoms with E-state index in [4.69, 9.17) is 13.9 Å². The van der Waals surface area contributed by atoms with E-state index >= 15 is 0 Å². The molecule has 170 valence electrons. The molecule has 1 aliphatic heterocycles. The number of aryl methyl sites for hydroxylation is 1. The highest BCUT2D eigenvalue weighted by Gasteiger charge is 2.49. The highest BCUT2D eigenvalue weighted by atomic mass is 19.1. The Balaban J connectivity index is 2.00. The van der Waals surface area contributed by atoms with Crippen LogP contribution in [0.1, 0.15) is 23.1 Å². The number of benzene rings is 2. The number of halogens is 2. The van der Waals surface area contributed by atoms with Gasteiger partial charge in [-0.2, -0.15) is 0 Å². The lowest BCUT2D eigenvalue weighted by Crippen LogP contribution is -2.30. The van der Waals surface area contributed by atoms with Crippen LogP contribution < -0.4 is 14.4 Å². The van der Waals surface area contributed by atoms with E-state index in [0.717, 1.165) is 23.1 Å². The minimum atomic E-state index is -1.36. The summed E-state index contributed by atoms with van der Waals surface area (Å²) in [5.74, 6) is -3.47. The van der Waals surface area contributed by atoms with E-state index in [-0.39, 0.29) is 22.6 Å². The summed E-state index contributed by atoms with van der Waals surface area (Å²) >= 11 is 0. The van der Waals surface area contributed by atoms with Gasteiger partial charge in [0.1, 0.15) is 46.5 Å². The van der Waals surface area contributed by atoms with E-state index in [1.54, 1.807) is 19.1 Å². The summed E-state index contributed by atoms with van der Waals surface area (Å²) < 4.78 is 44.7. The lowest BCUT2D eigenvalue weighted by molar-refractivity contribution is -0.132.